The van der Waals surface area contributed by atoms with Gasteiger partial charge >= 0.3 is 0 Å². The number of hydrogen-bond acceptors (Lipinski definition) is 4. The van der Waals surface area contributed by atoms with Crippen molar-refractivity contribution in [2.24, 2.45) is 0 Å². The summed E-state index contributed by atoms with van der Waals surface area (Å²) < 4.78 is 34.0. The molecule has 0 radical (unpaired) electrons. The summed E-state index contributed by atoms with van der Waals surface area (Å²) in [6, 6.07) is 11.5. The molecule has 0 unspecified atom stereocenters. The van der Waals surface area contributed by atoms with E-state index < -0.39 is 28.5 Å². The fourth-order valence-corrected chi connectivity index (χ4v) is 1.93. The maximum Gasteiger partial charge on any atom is 0.186 e. The van der Waals surface area contributed by atoms with E-state index in [4.69, 9.17) is 15.3 Å². The number of ether oxygens (including phenoxy) is 1. The monoisotopic (exact) mass is 299 g/mol. The molecule has 0 heterocycles. The van der Waals surface area contributed by atoms with E-state index >= 15 is 0 Å². The number of anilines is 2. The Bertz CT molecular complexity index is 777. The van der Waals surface area contributed by atoms with Gasteiger partial charge in [-0.05, 0) is 19.1 Å². The summed E-state index contributed by atoms with van der Waals surface area (Å²) >= 11 is 0. The fraction of sp³-hybridized carbons (Fsp3) is 0.125. The van der Waals surface area contributed by atoms with Crippen molar-refractivity contribution >= 4 is 11.4 Å². The Balaban J connectivity index is 2.68. The summed E-state index contributed by atoms with van der Waals surface area (Å²) in [5.41, 5.74) is -1.12. The lowest BCUT2D eigenvalue weighted by Crippen LogP contribution is -2.07. The highest BCUT2D eigenvalue weighted by Gasteiger charge is 2.26. The molecule has 0 saturated carbocycles. The summed E-state index contributed by atoms with van der Waals surface area (Å²) in [6.07, 6.45) is 0. The topological polar surface area (TPSA) is 68.8 Å². The number of nitrogens with one attached hydrogen (secondary N) is 1. The van der Waals surface area contributed by atoms with E-state index in [1.165, 1.54) is 12.1 Å². The van der Waals surface area contributed by atoms with Crippen LogP contribution < -0.4 is 10.1 Å². The van der Waals surface area contributed by atoms with E-state index in [0.717, 1.165) is 0 Å². The molecule has 0 bridgehead atoms. The molecule has 0 aliphatic carbocycles. The van der Waals surface area contributed by atoms with Gasteiger partial charge in [-0.3, -0.25) is 0 Å². The van der Waals surface area contributed by atoms with Crippen LogP contribution in [0.1, 0.15) is 18.1 Å². The van der Waals surface area contributed by atoms with Crippen LogP contribution in [0.3, 0.4) is 0 Å². The predicted octanol–water partition coefficient (Wildman–Crippen LogP) is 3.85. The number of rotatable bonds is 4. The summed E-state index contributed by atoms with van der Waals surface area (Å²) in [4.78, 5) is 0. The number of halogens is 2. The molecule has 22 heavy (non-hydrogen) atoms. The average molecular weight is 299 g/mol. The molecular formula is C16H11F2N3O. The van der Waals surface area contributed by atoms with E-state index in [9.17, 15) is 8.78 Å². The predicted molar refractivity (Wildman–Crippen MR) is 76.7 cm³/mol. The number of para-hydroxylation sites is 1. The van der Waals surface area contributed by atoms with Crippen LogP contribution in [0.25, 0.3) is 0 Å². The SMILES string of the molecule is CCOc1c(F)c(C#N)c(C#N)c(F)c1Nc1ccccc1. The Kier molecular flexibility index (Phi) is 4.55. The molecule has 6 heteroatoms. The molecule has 0 aliphatic heterocycles. The molecule has 2 rings (SSSR count). The maximum atomic E-state index is 14.5. The van der Waals surface area contributed by atoms with Crippen molar-refractivity contribution in [3.63, 3.8) is 0 Å². The normalized spacial score (nSPS) is 9.68. The fourth-order valence-electron chi connectivity index (χ4n) is 1.93. The van der Waals surface area contributed by atoms with Crippen LogP contribution in [-0.4, -0.2) is 6.61 Å². The first kappa shape index (κ1) is 15.3. The Hall–Kier alpha value is -3.12. The summed E-state index contributed by atoms with van der Waals surface area (Å²) in [5, 5.41) is 20.6. The lowest BCUT2D eigenvalue weighted by Gasteiger charge is -2.16. The molecule has 0 aliphatic rings. The van der Waals surface area contributed by atoms with Gasteiger partial charge in [0.05, 0.1) is 6.61 Å². The van der Waals surface area contributed by atoms with Crippen molar-refractivity contribution in [3.8, 4) is 17.9 Å². The summed E-state index contributed by atoms with van der Waals surface area (Å²) in [5.74, 6) is -2.49. The first-order chi connectivity index (χ1) is 10.6. The lowest BCUT2D eigenvalue weighted by molar-refractivity contribution is 0.321. The molecule has 4 nitrogen and oxygen atoms in total. The highest BCUT2D eigenvalue weighted by molar-refractivity contribution is 5.72. The molecule has 0 aromatic heterocycles. The van der Waals surface area contributed by atoms with Crippen LogP contribution in [0.15, 0.2) is 30.3 Å². The van der Waals surface area contributed by atoms with Gasteiger partial charge in [-0.2, -0.15) is 10.5 Å². The highest BCUT2D eigenvalue weighted by Crippen LogP contribution is 2.37. The minimum absolute atomic E-state index is 0.0800. The van der Waals surface area contributed by atoms with Gasteiger partial charge in [-0.15, -0.1) is 0 Å². The first-order valence-electron chi connectivity index (χ1n) is 6.44. The van der Waals surface area contributed by atoms with Crippen LogP contribution in [-0.2, 0) is 0 Å². The molecular weight excluding hydrogens is 288 g/mol. The van der Waals surface area contributed by atoms with Crippen molar-refractivity contribution in [2.75, 3.05) is 11.9 Å². The number of benzene rings is 2. The molecule has 0 atom stereocenters. The van der Waals surface area contributed by atoms with Crippen LogP contribution >= 0.6 is 0 Å². The smallest absolute Gasteiger partial charge is 0.186 e. The standard InChI is InChI=1S/C16H11F2N3O/c1-2-22-16-14(18)12(9-20)11(8-19)13(17)15(16)21-10-6-4-3-5-7-10/h3-7,21H,2H2,1H3. The second-order valence-electron chi connectivity index (χ2n) is 4.23. The van der Waals surface area contributed by atoms with E-state index in [-0.39, 0.29) is 12.3 Å². The van der Waals surface area contributed by atoms with Gasteiger partial charge in [0.1, 0.15) is 29.0 Å². The van der Waals surface area contributed by atoms with E-state index in [0.29, 0.717) is 5.69 Å². The van der Waals surface area contributed by atoms with Crippen LogP contribution in [0, 0.1) is 34.3 Å². The molecule has 2 aromatic rings. The van der Waals surface area contributed by atoms with Crippen LogP contribution in [0.4, 0.5) is 20.2 Å². The maximum absolute atomic E-state index is 14.5. The largest absolute Gasteiger partial charge is 0.489 e. The van der Waals surface area contributed by atoms with Crippen LogP contribution in [0.5, 0.6) is 5.75 Å². The third-order valence-electron chi connectivity index (χ3n) is 2.89. The molecule has 0 spiro atoms. The van der Waals surface area contributed by atoms with Gasteiger partial charge in [0.2, 0.25) is 0 Å². The number of hydrogen-bond donors (Lipinski definition) is 1. The molecule has 2 aromatic carbocycles. The minimum atomic E-state index is -1.05. The quantitative estimate of drug-likeness (QED) is 0.931. The molecule has 0 fully saturated rings. The third-order valence-corrected chi connectivity index (χ3v) is 2.89. The average Bonchev–Trinajstić information content (AvgIpc) is 2.54. The Morgan fingerprint density at radius 2 is 1.64 bits per heavy atom. The van der Waals surface area contributed by atoms with Crippen molar-refractivity contribution in [1.29, 1.82) is 10.5 Å². The number of nitrogens with zero attached hydrogens (tertiary/aromatic N) is 2. The Labute approximate surface area is 126 Å². The van der Waals surface area contributed by atoms with Gasteiger partial charge in [-0.25, -0.2) is 8.78 Å². The zero-order valence-electron chi connectivity index (χ0n) is 11.7. The van der Waals surface area contributed by atoms with Crippen molar-refractivity contribution in [2.45, 2.75) is 6.92 Å². The summed E-state index contributed by atoms with van der Waals surface area (Å²) in [7, 11) is 0. The Morgan fingerprint density at radius 3 is 2.18 bits per heavy atom. The van der Waals surface area contributed by atoms with Gasteiger partial charge in [0.25, 0.3) is 0 Å². The van der Waals surface area contributed by atoms with Crippen molar-refractivity contribution in [3.05, 3.63) is 53.1 Å². The second kappa shape index (κ2) is 6.55. The van der Waals surface area contributed by atoms with Crippen LogP contribution in [0.2, 0.25) is 0 Å². The van der Waals surface area contributed by atoms with E-state index in [1.54, 1.807) is 37.3 Å². The summed E-state index contributed by atoms with van der Waals surface area (Å²) in [6.45, 7) is 1.69. The van der Waals surface area contributed by atoms with Crippen molar-refractivity contribution in [1.82, 2.24) is 0 Å². The van der Waals surface area contributed by atoms with Gasteiger partial charge in [-0.1, -0.05) is 18.2 Å². The third kappa shape index (κ3) is 2.68. The van der Waals surface area contributed by atoms with E-state index in [1.807, 2.05) is 0 Å². The molecule has 110 valence electrons. The zero-order chi connectivity index (χ0) is 16.1. The Morgan fingerprint density at radius 1 is 1.05 bits per heavy atom. The first-order valence-corrected chi connectivity index (χ1v) is 6.44. The lowest BCUT2D eigenvalue weighted by atomic mass is 10.1. The molecule has 0 amide bonds. The zero-order valence-corrected chi connectivity index (χ0v) is 11.7. The highest BCUT2D eigenvalue weighted by atomic mass is 19.1. The molecule has 0 saturated heterocycles. The van der Waals surface area contributed by atoms with Crippen molar-refractivity contribution < 1.29 is 13.5 Å². The second-order valence-corrected chi connectivity index (χ2v) is 4.23. The van der Waals surface area contributed by atoms with Gasteiger partial charge < -0.3 is 10.1 Å². The van der Waals surface area contributed by atoms with Gasteiger partial charge in [0.15, 0.2) is 17.4 Å². The number of nitriles is 2. The van der Waals surface area contributed by atoms with E-state index in [2.05, 4.69) is 5.32 Å². The molecule has 1 N–H and O–H groups in total. The van der Waals surface area contributed by atoms with Gasteiger partial charge in [0, 0.05) is 5.69 Å². The minimum Gasteiger partial charge on any atom is -0.489 e.